The molecule has 7 rings (SSSR count). The standard InChI is InChI=1S/C35H36FN2O2/c1-23-6-15-28-29-16-17-30(36)33(35(29)40-34(28)32(23)31-5-3-4-18-37(31)2)26-9-7-24(8-10-26)25-11-13-27(14-12-25)38-19-21-39-22-20-38/h3-10,15-18,25,27H,11-14,19-22H2,1-2H3/q+1. The number of rotatable bonds is 4. The lowest BCUT2D eigenvalue weighted by Crippen LogP contribution is -2.44. The van der Waals surface area contributed by atoms with Gasteiger partial charge in [-0.15, -0.1) is 0 Å². The number of aryl methyl sites for hydroxylation is 2. The summed E-state index contributed by atoms with van der Waals surface area (Å²) in [5, 5.41) is 1.95. The molecule has 2 aromatic heterocycles. The molecule has 40 heavy (non-hydrogen) atoms. The number of ether oxygens (including phenoxy) is 1. The molecule has 4 nitrogen and oxygen atoms in total. The summed E-state index contributed by atoms with van der Waals surface area (Å²) >= 11 is 0. The Bertz CT molecular complexity index is 1680. The lowest BCUT2D eigenvalue weighted by molar-refractivity contribution is -0.660. The third-order valence-corrected chi connectivity index (χ3v) is 9.21. The average molecular weight is 536 g/mol. The fourth-order valence-corrected chi connectivity index (χ4v) is 6.99. The van der Waals surface area contributed by atoms with Crippen LogP contribution in [0.3, 0.4) is 0 Å². The van der Waals surface area contributed by atoms with E-state index in [1.165, 1.54) is 31.2 Å². The van der Waals surface area contributed by atoms with Crippen LogP contribution in [0.2, 0.25) is 0 Å². The summed E-state index contributed by atoms with van der Waals surface area (Å²) in [6.45, 7) is 5.95. The van der Waals surface area contributed by atoms with E-state index in [1.807, 2.05) is 31.4 Å². The Hall–Kier alpha value is -3.54. The molecular weight excluding hydrogens is 499 g/mol. The highest BCUT2D eigenvalue weighted by atomic mass is 19.1. The van der Waals surface area contributed by atoms with Gasteiger partial charge in [0.05, 0.1) is 24.3 Å². The van der Waals surface area contributed by atoms with E-state index < -0.39 is 0 Å². The van der Waals surface area contributed by atoms with E-state index in [1.54, 1.807) is 6.07 Å². The first kappa shape index (κ1) is 25.4. The van der Waals surface area contributed by atoms with Gasteiger partial charge in [0.25, 0.3) is 0 Å². The average Bonchev–Trinajstić information content (AvgIpc) is 3.37. The van der Waals surface area contributed by atoms with Gasteiger partial charge in [-0.25, -0.2) is 8.96 Å². The van der Waals surface area contributed by atoms with Crippen LogP contribution in [-0.4, -0.2) is 37.2 Å². The number of halogens is 1. The molecule has 2 fully saturated rings. The molecule has 1 aliphatic carbocycles. The third kappa shape index (κ3) is 4.42. The van der Waals surface area contributed by atoms with E-state index in [4.69, 9.17) is 9.15 Å². The van der Waals surface area contributed by atoms with Crippen LogP contribution in [0, 0.1) is 12.7 Å². The van der Waals surface area contributed by atoms with Crippen LogP contribution in [0.5, 0.6) is 0 Å². The number of fused-ring (bicyclic) bond motifs is 3. The highest BCUT2D eigenvalue weighted by molar-refractivity contribution is 6.13. The summed E-state index contributed by atoms with van der Waals surface area (Å²) in [4.78, 5) is 2.62. The Labute approximate surface area is 235 Å². The van der Waals surface area contributed by atoms with Crippen molar-refractivity contribution in [3.8, 4) is 22.4 Å². The second kappa shape index (κ2) is 10.5. The molecule has 0 amide bonds. The maximum Gasteiger partial charge on any atom is 0.216 e. The molecule has 1 saturated carbocycles. The van der Waals surface area contributed by atoms with Gasteiger partial charge in [-0.2, -0.15) is 0 Å². The number of morpholine rings is 1. The van der Waals surface area contributed by atoms with Crippen molar-refractivity contribution in [2.45, 2.75) is 44.6 Å². The second-order valence-corrected chi connectivity index (χ2v) is 11.5. The van der Waals surface area contributed by atoms with Gasteiger partial charge in [-0.05, 0) is 73.4 Å². The Morgan fingerprint density at radius 2 is 1.50 bits per heavy atom. The molecule has 0 atom stereocenters. The molecular formula is C35H36FN2O2+. The molecule has 0 N–H and O–H groups in total. The van der Waals surface area contributed by atoms with Gasteiger partial charge in [-0.3, -0.25) is 4.90 Å². The van der Waals surface area contributed by atoms with Crippen LogP contribution >= 0.6 is 0 Å². The summed E-state index contributed by atoms with van der Waals surface area (Å²) in [5.41, 5.74) is 7.41. The summed E-state index contributed by atoms with van der Waals surface area (Å²) in [6.07, 6.45) is 6.92. The molecule has 1 aliphatic heterocycles. The Morgan fingerprint density at radius 3 is 2.23 bits per heavy atom. The summed E-state index contributed by atoms with van der Waals surface area (Å²) in [5.74, 6) is 0.309. The summed E-state index contributed by atoms with van der Waals surface area (Å²) in [7, 11) is 2.04. The highest BCUT2D eigenvalue weighted by Gasteiger charge is 2.28. The second-order valence-electron chi connectivity index (χ2n) is 11.5. The van der Waals surface area contributed by atoms with Crippen molar-refractivity contribution >= 4 is 21.9 Å². The molecule has 0 unspecified atom stereocenters. The van der Waals surface area contributed by atoms with E-state index in [0.717, 1.165) is 65.0 Å². The zero-order valence-electron chi connectivity index (χ0n) is 23.3. The number of hydrogen-bond donors (Lipinski definition) is 0. The zero-order chi connectivity index (χ0) is 27.2. The minimum absolute atomic E-state index is 0.256. The Morgan fingerprint density at radius 1 is 0.800 bits per heavy atom. The largest absolute Gasteiger partial charge is 0.454 e. The van der Waals surface area contributed by atoms with Crippen molar-refractivity contribution in [3.05, 3.63) is 89.9 Å². The van der Waals surface area contributed by atoms with Crippen molar-refractivity contribution in [3.63, 3.8) is 0 Å². The molecule has 0 spiro atoms. The molecule has 3 heterocycles. The number of benzene rings is 3. The van der Waals surface area contributed by atoms with Crippen molar-refractivity contribution in [1.82, 2.24) is 4.90 Å². The van der Waals surface area contributed by atoms with Crippen LogP contribution in [0.4, 0.5) is 4.39 Å². The molecule has 5 aromatic rings. The van der Waals surface area contributed by atoms with Gasteiger partial charge in [0, 0.05) is 42.0 Å². The fourth-order valence-electron chi connectivity index (χ4n) is 6.99. The molecule has 3 aromatic carbocycles. The van der Waals surface area contributed by atoms with Crippen molar-refractivity contribution < 1.29 is 18.1 Å². The van der Waals surface area contributed by atoms with Gasteiger partial charge >= 0.3 is 0 Å². The lowest BCUT2D eigenvalue weighted by Gasteiger charge is -2.38. The Kier molecular flexibility index (Phi) is 6.65. The molecule has 0 bridgehead atoms. The van der Waals surface area contributed by atoms with Crippen molar-refractivity contribution in [2.75, 3.05) is 26.3 Å². The smallest absolute Gasteiger partial charge is 0.216 e. The fraction of sp³-hybridized carbons (Fsp3) is 0.343. The van der Waals surface area contributed by atoms with E-state index >= 15 is 4.39 Å². The number of aromatic nitrogens is 1. The molecule has 5 heteroatoms. The van der Waals surface area contributed by atoms with Crippen LogP contribution < -0.4 is 4.57 Å². The predicted molar refractivity (Wildman–Crippen MR) is 158 cm³/mol. The summed E-state index contributed by atoms with van der Waals surface area (Å²) in [6, 6.07) is 23.1. The number of furan rings is 1. The number of nitrogens with zero attached hydrogens (tertiary/aromatic N) is 2. The van der Waals surface area contributed by atoms with Crippen LogP contribution in [0.25, 0.3) is 44.3 Å². The zero-order valence-corrected chi connectivity index (χ0v) is 23.3. The summed E-state index contributed by atoms with van der Waals surface area (Å²) < 4.78 is 29.7. The third-order valence-electron chi connectivity index (χ3n) is 9.21. The normalized spacial score (nSPS) is 20.4. The minimum Gasteiger partial charge on any atom is -0.454 e. The van der Waals surface area contributed by atoms with Gasteiger partial charge in [0.1, 0.15) is 24.0 Å². The van der Waals surface area contributed by atoms with E-state index in [2.05, 4.69) is 58.9 Å². The van der Waals surface area contributed by atoms with Gasteiger partial charge in [0.15, 0.2) is 6.20 Å². The van der Waals surface area contributed by atoms with Crippen LogP contribution in [0.15, 0.2) is 77.3 Å². The van der Waals surface area contributed by atoms with Gasteiger partial charge in [-0.1, -0.05) is 36.4 Å². The van der Waals surface area contributed by atoms with E-state index in [0.29, 0.717) is 23.1 Å². The lowest BCUT2D eigenvalue weighted by atomic mass is 9.81. The first-order valence-electron chi connectivity index (χ1n) is 14.6. The maximum absolute atomic E-state index is 15.5. The quantitative estimate of drug-likeness (QED) is 0.223. The predicted octanol–water partition coefficient (Wildman–Crippen LogP) is 7.55. The molecule has 1 saturated heterocycles. The Balaban J connectivity index is 1.22. The van der Waals surface area contributed by atoms with Gasteiger partial charge < -0.3 is 9.15 Å². The SMILES string of the molecule is Cc1ccc2c(oc3c(-c4ccc(C5CCC(N6CCOCC6)CC5)cc4)c(F)ccc32)c1-c1cccc[n+]1C. The number of pyridine rings is 1. The molecule has 0 radical (unpaired) electrons. The van der Waals surface area contributed by atoms with Crippen LogP contribution in [0.1, 0.15) is 42.7 Å². The minimum atomic E-state index is -0.256. The van der Waals surface area contributed by atoms with E-state index in [9.17, 15) is 0 Å². The van der Waals surface area contributed by atoms with E-state index in [-0.39, 0.29) is 5.82 Å². The van der Waals surface area contributed by atoms with Crippen molar-refractivity contribution in [1.29, 1.82) is 0 Å². The maximum atomic E-state index is 15.5. The monoisotopic (exact) mass is 535 g/mol. The topological polar surface area (TPSA) is 29.5 Å². The van der Waals surface area contributed by atoms with Crippen molar-refractivity contribution in [2.24, 2.45) is 7.05 Å². The first-order chi connectivity index (χ1) is 19.6. The highest BCUT2D eigenvalue weighted by Crippen LogP contribution is 2.42. The molecule has 2 aliphatic rings. The number of hydrogen-bond acceptors (Lipinski definition) is 3. The first-order valence-corrected chi connectivity index (χ1v) is 14.6. The molecule has 204 valence electrons. The van der Waals surface area contributed by atoms with Crippen LogP contribution in [-0.2, 0) is 11.8 Å². The van der Waals surface area contributed by atoms with Gasteiger partial charge in [0.2, 0.25) is 5.69 Å².